The van der Waals surface area contributed by atoms with Crippen LogP contribution in [0.15, 0.2) is 17.0 Å². The van der Waals surface area contributed by atoms with Crippen molar-refractivity contribution in [2.45, 2.75) is 45.1 Å². The minimum Gasteiger partial charge on any atom is -0.398 e. The molecule has 0 aliphatic carbocycles. The quantitative estimate of drug-likeness (QED) is 0.695. The van der Waals surface area contributed by atoms with Crippen molar-refractivity contribution < 1.29 is 13.5 Å². The van der Waals surface area contributed by atoms with Crippen molar-refractivity contribution in [1.82, 2.24) is 4.72 Å². The van der Waals surface area contributed by atoms with Crippen molar-refractivity contribution in [2.24, 2.45) is 5.92 Å². The van der Waals surface area contributed by atoms with Gasteiger partial charge in [0.1, 0.15) is 4.90 Å². The highest BCUT2D eigenvalue weighted by molar-refractivity contribution is 7.89. The topological polar surface area (TPSA) is 92.4 Å². The lowest BCUT2D eigenvalue weighted by Crippen LogP contribution is -2.38. The zero-order valence-corrected chi connectivity index (χ0v) is 13.3. The summed E-state index contributed by atoms with van der Waals surface area (Å²) in [4.78, 5) is 0.0720. The van der Waals surface area contributed by atoms with Gasteiger partial charge >= 0.3 is 0 Å². The molecule has 0 aliphatic heterocycles. The fraction of sp³-hybridized carbons (Fsp3) is 0.571. The highest BCUT2D eigenvalue weighted by atomic mass is 32.2. The van der Waals surface area contributed by atoms with Gasteiger partial charge in [0, 0.05) is 6.04 Å². The fourth-order valence-electron chi connectivity index (χ4n) is 2.06. The molecule has 0 amide bonds. The number of anilines is 1. The van der Waals surface area contributed by atoms with Crippen molar-refractivity contribution in [1.29, 1.82) is 0 Å². The van der Waals surface area contributed by atoms with E-state index in [2.05, 4.69) is 4.72 Å². The third-order valence-corrected chi connectivity index (χ3v) is 4.79. The molecule has 1 atom stereocenters. The molecule has 0 heterocycles. The highest BCUT2D eigenvalue weighted by Gasteiger charge is 2.23. The van der Waals surface area contributed by atoms with Crippen LogP contribution in [0, 0.1) is 19.8 Å². The number of hydrogen-bond donors (Lipinski definition) is 3. The van der Waals surface area contributed by atoms with Gasteiger partial charge in [-0.25, -0.2) is 13.1 Å². The number of nitrogen functional groups attached to an aromatic ring is 1. The highest BCUT2D eigenvalue weighted by Crippen LogP contribution is 2.23. The molecule has 1 aromatic carbocycles. The van der Waals surface area contributed by atoms with E-state index in [-0.39, 0.29) is 23.1 Å². The van der Waals surface area contributed by atoms with Crippen LogP contribution < -0.4 is 10.5 Å². The largest absolute Gasteiger partial charge is 0.398 e. The molecule has 20 heavy (non-hydrogen) atoms. The van der Waals surface area contributed by atoms with E-state index in [9.17, 15) is 13.5 Å². The van der Waals surface area contributed by atoms with Gasteiger partial charge in [0.2, 0.25) is 10.0 Å². The van der Waals surface area contributed by atoms with E-state index >= 15 is 0 Å². The zero-order chi connectivity index (χ0) is 15.5. The van der Waals surface area contributed by atoms with Gasteiger partial charge in [0.15, 0.2) is 0 Å². The van der Waals surface area contributed by atoms with E-state index < -0.39 is 16.1 Å². The van der Waals surface area contributed by atoms with Gasteiger partial charge in [-0.2, -0.15) is 0 Å². The van der Waals surface area contributed by atoms with Crippen LogP contribution in [0.4, 0.5) is 5.69 Å². The SMILES string of the molecule is Cc1cc(N)c(S(=O)(=O)NC(CO)CC(C)C)cc1C. The second kappa shape index (κ2) is 6.56. The van der Waals surface area contributed by atoms with E-state index in [1.807, 2.05) is 27.7 Å². The summed E-state index contributed by atoms with van der Waals surface area (Å²) in [6.07, 6.45) is 0.570. The number of rotatable bonds is 6. The summed E-state index contributed by atoms with van der Waals surface area (Å²) < 4.78 is 27.3. The Bertz CT molecular complexity index is 568. The molecular weight excluding hydrogens is 276 g/mol. The van der Waals surface area contributed by atoms with Gasteiger partial charge in [-0.3, -0.25) is 0 Å². The number of sulfonamides is 1. The fourth-order valence-corrected chi connectivity index (χ4v) is 3.49. The first-order chi connectivity index (χ1) is 9.17. The van der Waals surface area contributed by atoms with E-state index in [0.29, 0.717) is 6.42 Å². The molecule has 5 nitrogen and oxygen atoms in total. The first-order valence-electron chi connectivity index (χ1n) is 6.67. The van der Waals surface area contributed by atoms with Crippen LogP contribution in [0.1, 0.15) is 31.4 Å². The number of aryl methyl sites for hydroxylation is 2. The van der Waals surface area contributed by atoms with E-state index in [1.165, 1.54) is 0 Å². The Kier molecular flexibility index (Phi) is 5.56. The number of nitrogens with one attached hydrogen (secondary N) is 1. The number of nitrogens with two attached hydrogens (primary N) is 1. The smallest absolute Gasteiger partial charge is 0.242 e. The first-order valence-corrected chi connectivity index (χ1v) is 8.15. The lowest BCUT2D eigenvalue weighted by atomic mass is 10.1. The van der Waals surface area contributed by atoms with Crippen molar-refractivity contribution in [3.63, 3.8) is 0 Å². The number of hydrogen-bond acceptors (Lipinski definition) is 4. The molecule has 0 saturated heterocycles. The predicted octanol–water partition coefficient (Wildman–Crippen LogP) is 1.57. The lowest BCUT2D eigenvalue weighted by Gasteiger charge is -2.19. The van der Waals surface area contributed by atoms with Crippen molar-refractivity contribution in [3.05, 3.63) is 23.3 Å². The van der Waals surface area contributed by atoms with E-state index in [4.69, 9.17) is 5.73 Å². The summed E-state index contributed by atoms with van der Waals surface area (Å²) in [6, 6.07) is 2.72. The Balaban J connectivity index is 3.08. The van der Waals surface area contributed by atoms with Gasteiger partial charge in [-0.1, -0.05) is 13.8 Å². The Morgan fingerprint density at radius 3 is 2.30 bits per heavy atom. The van der Waals surface area contributed by atoms with Crippen LogP contribution in [0.2, 0.25) is 0 Å². The average molecular weight is 300 g/mol. The van der Waals surface area contributed by atoms with Gasteiger partial charge in [0.25, 0.3) is 0 Å². The zero-order valence-electron chi connectivity index (χ0n) is 12.5. The summed E-state index contributed by atoms with van der Waals surface area (Å²) in [7, 11) is -3.72. The maximum Gasteiger partial charge on any atom is 0.242 e. The maximum atomic E-state index is 12.4. The molecule has 0 aliphatic rings. The first kappa shape index (κ1) is 16.9. The number of aliphatic hydroxyl groups excluding tert-OH is 1. The molecule has 0 fully saturated rings. The molecular formula is C14H24N2O3S. The van der Waals surface area contributed by atoms with Crippen LogP contribution in [-0.2, 0) is 10.0 Å². The molecule has 0 aromatic heterocycles. The molecule has 1 aromatic rings. The van der Waals surface area contributed by atoms with Gasteiger partial charge in [0.05, 0.1) is 12.3 Å². The molecule has 1 unspecified atom stereocenters. The summed E-state index contributed by atoms with van der Waals surface area (Å²) in [5.41, 5.74) is 7.85. The second-order valence-corrected chi connectivity index (χ2v) is 7.29. The Hall–Kier alpha value is -1.11. The van der Waals surface area contributed by atoms with Crippen LogP contribution in [0.5, 0.6) is 0 Å². The minimum atomic E-state index is -3.72. The van der Waals surface area contributed by atoms with E-state index in [1.54, 1.807) is 12.1 Å². The number of benzene rings is 1. The molecule has 0 spiro atoms. The van der Waals surface area contributed by atoms with Crippen molar-refractivity contribution >= 4 is 15.7 Å². The molecule has 114 valence electrons. The van der Waals surface area contributed by atoms with Gasteiger partial charge < -0.3 is 10.8 Å². The van der Waals surface area contributed by atoms with Gasteiger partial charge in [-0.15, -0.1) is 0 Å². The average Bonchev–Trinajstić information content (AvgIpc) is 2.31. The number of aliphatic hydroxyl groups is 1. The normalized spacial score (nSPS) is 13.7. The molecule has 6 heteroatoms. The lowest BCUT2D eigenvalue weighted by molar-refractivity contribution is 0.240. The Labute approximate surface area is 121 Å². The minimum absolute atomic E-state index is 0.0720. The Morgan fingerprint density at radius 1 is 1.25 bits per heavy atom. The molecule has 0 saturated carbocycles. The second-order valence-electron chi connectivity index (χ2n) is 5.60. The monoisotopic (exact) mass is 300 g/mol. The third-order valence-electron chi connectivity index (χ3n) is 3.21. The van der Waals surface area contributed by atoms with Gasteiger partial charge in [-0.05, 0) is 49.4 Å². The molecule has 1 rings (SSSR count). The summed E-state index contributed by atoms with van der Waals surface area (Å²) >= 11 is 0. The molecule has 0 radical (unpaired) electrons. The molecule has 4 N–H and O–H groups in total. The van der Waals surface area contributed by atoms with Crippen LogP contribution in [-0.4, -0.2) is 26.2 Å². The van der Waals surface area contributed by atoms with Crippen molar-refractivity contribution in [3.8, 4) is 0 Å². The predicted molar refractivity (Wildman–Crippen MR) is 81.0 cm³/mol. The van der Waals surface area contributed by atoms with Crippen LogP contribution >= 0.6 is 0 Å². The summed E-state index contributed by atoms with van der Waals surface area (Å²) in [6.45, 7) is 7.43. The molecule has 0 bridgehead atoms. The maximum absolute atomic E-state index is 12.4. The van der Waals surface area contributed by atoms with Crippen molar-refractivity contribution in [2.75, 3.05) is 12.3 Å². The van der Waals surface area contributed by atoms with Crippen LogP contribution in [0.3, 0.4) is 0 Å². The standard InChI is InChI=1S/C14H24N2O3S/c1-9(2)5-12(8-17)16-20(18,19)14-7-11(4)10(3)6-13(14)15/h6-7,9,12,16-17H,5,8,15H2,1-4H3. The summed E-state index contributed by atoms with van der Waals surface area (Å²) in [5.74, 6) is 0.284. The Morgan fingerprint density at radius 2 is 1.80 bits per heavy atom. The summed E-state index contributed by atoms with van der Waals surface area (Å²) in [5, 5.41) is 9.29. The third kappa shape index (κ3) is 4.19. The van der Waals surface area contributed by atoms with E-state index in [0.717, 1.165) is 11.1 Å². The van der Waals surface area contributed by atoms with Crippen LogP contribution in [0.25, 0.3) is 0 Å².